The van der Waals surface area contributed by atoms with E-state index < -0.39 is 0 Å². The summed E-state index contributed by atoms with van der Waals surface area (Å²) in [5.41, 5.74) is 2.06. The monoisotopic (exact) mass is 247 g/mol. The predicted octanol–water partition coefficient (Wildman–Crippen LogP) is 1.47. The first-order valence-electron chi connectivity index (χ1n) is 5.96. The van der Waals surface area contributed by atoms with E-state index in [2.05, 4.69) is 5.32 Å². The maximum absolute atomic E-state index is 11.8. The van der Waals surface area contributed by atoms with E-state index in [0.29, 0.717) is 17.9 Å². The Morgan fingerprint density at radius 2 is 2.28 bits per heavy atom. The Bertz CT molecular complexity index is 506. The molecule has 0 unspecified atom stereocenters. The van der Waals surface area contributed by atoms with Crippen LogP contribution < -0.4 is 5.32 Å². The lowest BCUT2D eigenvalue weighted by Gasteiger charge is -2.10. The molecule has 1 aromatic rings. The van der Waals surface area contributed by atoms with Crippen molar-refractivity contribution in [3.8, 4) is 0 Å². The first kappa shape index (κ1) is 11.2. The summed E-state index contributed by atoms with van der Waals surface area (Å²) >= 11 is 0. The molecule has 18 heavy (non-hydrogen) atoms. The summed E-state index contributed by atoms with van der Waals surface area (Å²) < 4.78 is 10.2. The topological polar surface area (TPSA) is 64.6 Å². The lowest BCUT2D eigenvalue weighted by atomic mass is 10.1. The minimum absolute atomic E-state index is 0.127. The number of cyclic esters (lactones) is 1. The van der Waals surface area contributed by atoms with Gasteiger partial charge in [0, 0.05) is 17.9 Å². The van der Waals surface area contributed by atoms with Gasteiger partial charge in [-0.15, -0.1) is 0 Å². The fourth-order valence-electron chi connectivity index (χ4n) is 2.22. The van der Waals surface area contributed by atoms with Crippen molar-refractivity contribution >= 4 is 17.6 Å². The van der Waals surface area contributed by atoms with Gasteiger partial charge in [-0.3, -0.25) is 4.79 Å². The Morgan fingerprint density at radius 3 is 3.06 bits per heavy atom. The SMILES string of the molecule is O=C1OCc2cc(NC(=O)[C@H]3CCCO3)ccc21. The molecule has 5 heteroatoms. The van der Waals surface area contributed by atoms with Gasteiger partial charge in [-0.2, -0.15) is 0 Å². The zero-order valence-corrected chi connectivity index (χ0v) is 9.77. The van der Waals surface area contributed by atoms with E-state index in [-0.39, 0.29) is 24.6 Å². The minimum Gasteiger partial charge on any atom is -0.457 e. The van der Waals surface area contributed by atoms with Gasteiger partial charge in [0.25, 0.3) is 5.91 Å². The third kappa shape index (κ3) is 1.97. The van der Waals surface area contributed by atoms with E-state index >= 15 is 0 Å². The number of hydrogen-bond donors (Lipinski definition) is 1. The van der Waals surface area contributed by atoms with Crippen LogP contribution in [0.1, 0.15) is 28.8 Å². The van der Waals surface area contributed by atoms with E-state index in [4.69, 9.17) is 9.47 Å². The van der Waals surface area contributed by atoms with Crippen molar-refractivity contribution in [1.29, 1.82) is 0 Å². The number of rotatable bonds is 2. The highest BCUT2D eigenvalue weighted by molar-refractivity contribution is 5.97. The number of carbonyl (C=O) groups is 2. The highest BCUT2D eigenvalue weighted by Gasteiger charge is 2.25. The largest absolute Gasteiger partial charge is 0.457 e. The summed E-state index contributed by atoms with van der Waals surface area (Å²) in [7, 11) is 0. The Morgan fingerprint density at radius 1 is 1.39 bits per heavy atom. The standard InChI is InChI=1S/C13H13NO4/c15-12(11-2-1-5-17-11)14-9-3-4-10-8(6-9)7-18-13(10)16/h3-4,6,11H,1-2,5,7H2,(H,14,15)/t11-/m1/s1. The quantitative estimate of drug-likeness (QED) is 0.804. The fraction of sp³-hybridized carbons (Fsp3) is 0.385. The maximum atomic E-state index is 11.8. The number of esters is 1. The highest BCUT2D eigenvalue weighted by atomic mass is 16.5. The molecule has 0 aliphatic carbocycles. The van der Waals surface area contributed by atoms with Gasteiger partial charge >= 0.3 is 5.97 Å². The summed E-state index contributed by atoms with van der Waals surface area (Å²) in [4.78, 5) is 23.1. The van der Waals surface area contributed by atoms with E-state index in [9.17, 15) is 9.59 Å². The normalized spacial score (nSPS) is 21.6. The average molecular weight is 247 g/mol. The summed E-state index contributed by atoms with van der Waals surface area (Å²) in [6, 6.07) is 5.15. The molecule has 94 valence electrons. The van der Waals surface area contributed by atoms with Crippen molar-refractivity contribution in [2.75, 3.05) is 11.9 Å². The second kappa shape index (κ2) is 4.42. The smallest absolute Gasteiger partial charge is 0.338 e. The number of benzene rings is 1. The number of nitrogens with one attached hydrogen (secondary N) is 1. The molecule has 2 aliphatic heterocycles. The molecule has 1 amide bonds. The lowest BCUT2D eigenvalue weighted by Crippen LogP contribution is -2.26. The molecule has 1 fully saturated rings. The number of amides is 1. The first-order valence-corrected chi connectivity index (χ1v) is 5.96. The molecule has 5 nitrogen and oxygen atoms in total. The number of ether oxygens (including phenoxy) is 2. The van der Waals surface area contributed by atoms with Crippen molar-refractivity contribution in [3.63, 3.8) is 0 Å². The third-order valence-electron chi connectivity index (χ3n) is 3.17. The fourth-order valence-corrected chi connectivity index (χ4v) is 2.22. The molecule has 1 atom stereocenters. The Labute approximate surface area is 104 Å². The van der Waals surface area contributed by atoms with Crippen molar-refractivity contribution in [1.82, 2.24) is 0 Å². The number of hydrogen-bond acceptors (Lipinski definition) is 4. The molecule has 1 aromatic carbocycles. The highest BCUT2D eigenvalue weighted by Crippen LogP contribution is 2.24. The van der Waals surface area contributed by atoms with Crippen LogP contribution in [0.5, 0.6) is 0 Å². The predicted molar refractivity (Wildman–Crippen MR) is 63.2 cm³/mol. The molecule has 0 aromatic heterocycles. The summed E-state index contributed by atoms with van der Waals surface area (Å²) in [5, 5.41) is 2.80. The van der Waals surface area contributed by atoms with Gasteiger partial charge in [-0.25, -0.2) is 4.79 Å². The van der Waals surface area contributed by atoms with Crippen LogP contribution in [0, 0.1) is 0 Å². The van der Waals surface area contributed by atoms with Crippen LogP contribution >= 0.6 is 0 Å². The van der Waals surface area contributed by atoms with Crippen molar-refractivity contribution in [3.05, 3.63) is 29.3 Å². The molecular weight excluding hydrogens is 234 g/mol. The van der Waals surface area contributed by atoms with E-state index in [1.165, 1.54) is 0 Å². The van der Waals surface area contributed by atoms with Gasteiger partial charge < -0.3 is 14.8 Å². The molecule has 3 rings (SSSR count). The third-order valence-corrected chi connectivity index (χ3v) is 3.17. The van der Waals surface area contributed by atoms with E-state index in [1.807, 2.05) is 0 Å². The van der Waals surface area contributed by atoms with Crippen LogP contribution in [0.3, 0.4) is 0 Å². The summed E-state index contributed by atoms with van der Waals surface area (Å²) in [5.74, 6) is -0.431. The average Bonchev–Trinajstić information content (AvgIpc) is 2.99. The lowest BCUT2D eigenvalue weighted by molar-refractivity contribution is -0.124. The molecule has 2 aliphatic rings. The zero-order valence-electron chi connectivity index (χ0n) is 9.77. The van der Waals surface area contributed by atoms with Crippen LogP contribution in [-0.2, 0) is 20.9 Å². The first-order chi connectivity index (χ1) is 8.74. The zero-order chi connectivity index (χ0) is 12.5. The van der Waals surface area contributed by atoms with Crippen LogP contribution in [0.4, 0.5) is 5.69 Å². The second-order valence-corrected chi connectivity index (χ2v) is 4.44. The Hall–Kier alpha value is -1.88. The molecular formula is C13H13NO4. The number of anilines is 1. The van der Waals surface area contributed by atoms with Crippen LogP contribution in [0.2, 0.25) is 0 Å². The van der Waals surface area contributed by atoms with E-state index in [1.54, 1.807) is 18.2 Å². The van der Waals surface area contributed by atoms with Gasteiger partial charge in [0.1, 0.15) is 12.7 Å². The summed E-state index contributed by atoms with van der Waals surface area (Å²) in [6.07, 6.45) is 1.33. The van der Waals surface area contributed by atoms with E-state index in [0.717, 1.165) is 18.4 Å². The molecule has 2 heterocycles. The van der Waals surface area contributed by atoms with Crippen LogP contribution in [-0.4, -0.2) is 24.6 Å². The van der Waals surface area contributed by atoms with Gasteiger partial charge in [-0.05, 0) is 31.0 Å². The second-order valence-electron chi connectivity index (χ2n) is 4.44. The van der Waals surface area contributed by atoms with Crippen LogP contribution in [0.15, 0.2) is 18.2 Å². The van der Waals surface area contributed by atoms with Crippen LogP contribution in [0.25, 0.3) is 0 Å². The molecule has 1 N–H and O–H groups in total. The molecule has 0 spiro atoms. The Balaban J connectivity index is 1.73. The van der Waals surface area contributed by atoms with Gasteiger partial charge in [0.15, 0.2) is 0 Å². The van der Waals surface area contributed by atoms with Crippen molar-refractivity contribution < 1.29 is 19.1 Å². The van der Waals surface area contributed by atoms with Crippen molar-refractivity contribution in [2.24, 2.45) is 0 Å². The van der Waals surface area contributed by atoms with Gasteiger partial charge in [0.05, 0.1) is 5.56 Å². The molecule has 0 bridgehead atoms. The number of carbonyl (C=O) groups excluding carboxylic acids is 2. The molecule has 0 radical (unpaired) electrons. The number of fused-ring (bicyclic) bond motifs is 1. The Kier molecular flexibility index (Phi) is 2.76. The van der Waals surface area contributed by atoms with Crippen molar-refractivity contribution in [2.45, 2.75) is 25.6 Å². The van der Waals surface area contributed by atoms with Gasteiger partial charge in [-0.1, -0.05) is 0 Å². The molecule has 1 saturated heterocycles. The maximum Gasteiger partial charge on any atom is 0.338 e. The minimum atomic E-state index is -0.351. The summed E-state index contributed by atoms with van der Waals surface area (Å²) in [6.45, 7) is 0.919. The molecule has 0 saturated carbocycles. The van der Waals surface area contributed by atoms with Gasteiger partial charge in [0.2, 0.25) is 0 Å².